The van der Waals surface area contributed by atoms with Gasteiger partial charge >= 0.3 is 17.9 Å². The number of ether oxygens (including phenoxy) is 4. The highest BCUT2D eigenvalue weighted by atomic mass is 16.6. The Morgan fingerprint density at radius 3 is 1.73 bits per heavy atom. The maximum Gasteiger partial charge on any atom is 0.316 e. The standard InChI is InChI=1S/C33H48O8/c1-17(2)19-14-15-33(13)26(41-33)23(19)24-21(39-28(36)31(7,8)9)16-20(38-27(35)30(4,5)6)22(18(3)34)25(24)40-29(37)32(10,11)12/h16-17,19,23,26H,14-15H2,1-13H3. The van der Waals surface area contributed by atoms with Gasteiger partial charge in [0.1, 0.15) is 17.1 Å². The molecule has 0 radical (unpaired) electrons. The molecular formula is C33H48O8. The van der Waals surface area contributed by atoms with E-state index in [-0.39, 0.29) is 52.3 Å². The van der Waals surface area contributed by atoms with Gasteiger partial charge in [0.15, 0.2) is 11.5 Å². The molecule has 1 heterocycles. The number of Topliss-reactive ketones (excluding diaryl/α,β-unsaturated/α-hetero) is 1. The summed E-state index contributed by atoms with van der Waals surface area (Å²) in [6, 6.07) is 1.43. The van der Waals surface area contributed by atoms with E-state index in [1.165, 1.54) is 13.0 Å². The summed E-state index contributed by atoms with van der Waals surface area (Å²) < 4.78 is 24.2. The van der Waals surface area contributed by atoms with Gasteiger partial charge in [-0.15, -0.1) is 0 Å². The van der Waals surface area contributed by atoms with Crippen LogP contribution in [0.15, 0.2) is 6.07 Å². The van der Waals surface area contributed by atoms with Crippen molar-refractivity contribution >= 4 is 23.7 Å². The second-order valence-electron chi connectivity index (χ2n) is 15.3. The van der Waals surface area contributed by atoms with Gasteiger partial charge in [-0.1, -0.05) is 13.8 Å². The second kappa shape index (κ2) is 10.8. The number of benzene rings is 1. The van der Waals surface area contributed by atoms with Crippen molar-refractivity contribution in [3.63, 3.8) is 0 Å². The lowest BCUT2D eigenvalue weighted by molar-refractivity contribution is -0.143. The fourth-order valence-electron chi connectivity index (χ4n) is 5.18. The molecule has 1 saturated heterocycles. The summed E-state index contributed by atoms with van der Waals surface area (Å²) in [6.45, 7) is 23.1. The van der Waals surface area contributed by atoms with E-state index >= 15 is 0 Å². The maximum absolute atomic E-state index is 13.4. The lowest BCUT2D eigenvalue weighted by Gasteiger charge is -2.36. The average molecular weight is 573 g/mol. The lowest BCUT2D eigenvalue weighted by Crippen LogP contribution is -2.35. The highest BCUT2D eigenvalue weighted by Gasteiger charge is 2.62. The molecule has 0 aromatic heterocycles. The van der Waals surface area contributed by atoms with Gasteiger partial charge in [-0.05, 0) is 101 Å². The Labute approximate surface area is 244 Å². The Balaban J connectivity index is 2.44. The Bertz CT molecular complexity index is 1240. The molecule has 1 saturated carbocycles. The van der Waals surface area contributed by atoms with Crippen molar-refractivity contribution in [2.75, 3.05) is 0 Å². The first kappa shape index (κ1) is 32.8. The fourth-order valence-corrected chi connectivity index (χ4v) is 5.18. The first-order valence-electron chi connectivity index (χ1n) is 14.6. The molecule has 0 spiro atoms. The van der Waals surface area contributed by atoms with Gasteiger partial charge in [-0.25, -0.2) is 0 Å². The average Bonchev–Trinajstić information content (AvgIpc) is 3.48. The summed E-state index contributed by atoms with van der Waals surface area (Å²) in [6.07, 6.45) is 1.47. The number of epoxide rings is 1. The summed E-state index contributed by atoms with van der Waals surface area (Å²) in [5.74, 6) is -2.26. The van der Waals surface area contributed by atoms with E-state index in [1.54, 1.807) is 62.3 Å². The molecule has 1 aromatic carbocycles. The van der Waals surface area contributed by atoms with Gasteiger partial charge in [-0.3, -0.25) is 19.2 Å². The third kappa shape index (κ3) is 6.85. The van der Waals surface area contributed by atoms with Crippen LogP contribution >= 0.6 is 0 Å². The van der Waals surface area contributed by atoms with Crippen molar-refractivity contribution in [2.24, 2.45) is 28.1 Å². The van der Waals surface area contributed by atoms with Crippen LogP contribution in [-0.2, 0) is 19.1 Å². The minimum atomic E-state index is -0.916. The van der Waals surface area contributed by atoms with E-state index in [9.17, 15) is 19.2 Å². The third-order valence-corrected chi connectivity index (χ3v) is 7.93. The summed E-state index contributed by atoms with van der Waals surface area (Å²) in [4.78, 5) is 53.1. The van der Waals surface area contributed by atoms with E-state index < -0.39 is 39.9 Å². The maximum atomic E-state index is 13.4. The molecule has 0 amide bonds. The van der Waals surface area contributed by atoms with Crippen LogP contribution < -0.4 is 14.2 Å². The van der Waals surface area contributed by atoms with Crippen LogP contribution in [0.1, 0.15) is 125 Å². The van der Waals surface area contributed by atoms with Crippen LogP contribution in [-0.4, -0.2) is 35.4 Å². The summed E-state index contributed by atoms with van der Waals surface area (Å²) in [5, 5.41) is 0. The van der Waals surface area contributed by atoms with Crippen LogP contribution in [0.25, 0.3) is 0 Å². The van der Waals surface area contributed by atoms with Gasteiger partial charge < -0.3 is 18.9 Å². The first-order chi connectivity index (χ1) is 18.5. The zero-order valence-electron chi connectivity index (χ0n) is 27.1. The Morgan fingerprint density at radius 1 is 0.829 bits per heavy atom. The predicted octanol–water partition coefficient (Wildman–Crippen LogP) is 7.05. The topological polar surface area (TPSA) is 109 Å². The molecule has 41 heavy (non-hydrogen) atoms. The molecule has 228 valence electrons. The molecule has 8 nitrogen and oxygen atoms in total. The molecule has 0 bridgehead atoms. The Hall–Kier alpha value is -2.74. The van der Waals surface area contributed by atoms with E-state index in [0.29, 0.717) is 5.56 Å². The normalized spacial score (nSPS) is 24.4. The number of hydrogen-bond acceptors (Lipinski definition) is 8. The molecule has 1 aliphatic carbocycles. The number of esters is 3. The van der Waals surface area contributed by atoms with Gasteiger partial charge in [0.25, 0.3) is 0 Å². The summed E-state index contributed by atoms with van der Waals surface area (Å²) in [7, 11) is 0. The molecule has 2 fully saturated rings. The van der Waals surface area contributed by atoms with Crippen molar-refractivity contribution < 1.29 is 38.1 Å². The van der Waals surface area contributed by atoms with Crippen LogP contribution in [0.5, 0.6) is 17.2 Å². The van der Waals surface area contributed by atoms with E-state index in [0.717, 1.165) is 12.8 Å². The van der Waals surface area contributed by atoms with Gasteiger partial charge in [-0.2, -0.15) is 0 Å². The second-order valence-corrected chi connectivity index (χ2v) is 15.3. The van der Waals surface area contributed by atoms with Crippen LogP contribution in [0.3, 0.4) is 0 Å². The molecule has 2 aliphatic rings. The molecule has 1 aromatic rings. The SMILES string of the molecule is CC(=O)c1c(OC(=O)C(C)(C)C)cc(OC(=O)C(C)(C)C)c(C2C(C(C)C)CCC3(C)OC23)c1OC(=O)C(C)(C)C. The number of rotatable bonds is 6. The Kier molecular flexibility index (Phi) is 8.66. The third-order valence-electron chi connectivity index (χ3n) is 7.93. The molecule has 1 aliphatic heterocycles. The minimum absolute atomic E-state index is 0.0382. The molecule has 4 unspecified atom stereocenters. The zero-order chi connectivity index (χ0) is 31.5. The number of carbonyl (C=O) groups excluding carboxylic acids is 4. The lowest BCUT2D eigenvalue weighted by atomic mass is 9.67. The van der Waals surface area contributed by atoms with E-state index in [1.807, 2.05) is 6.92 Å². The van der Waals surface area contributed by atoms with Crippen molar-refractivity contribution in [2.45, 2.75) is 120 Å². The highest BCUT2D eigenvalue weighted by Crippen LogP contribution is 2.61. The number of carbonyl (C=O) groups is 4. The van der Waals surface area contributed by atoms with Crippen LogP contribution in [0.2, 0.25) is 0 Å². The van der Waals surface area contributed by atoms with E-state index in [2.05, 4.69) is 13.8 Å². The van der Waals surface area contributed by atoms with E-state index in [4.69, 9.17) is 18.9 Å². The smallest absolute Gasteiger partial charge is 0.316 e. The first-order valence-corrected chi connectivity index (χ1v) is 14.6. The quantitative estimate of drug-likeness (QED) is 0.154. The summed E-state index contributed by atoms with van der Waals surface area (Å²) in [5.41, 5.74) is -2.67. The molecular weight excluding hydrogens is 524 g/mol. The number of hydrogen-bond donors (Lipinski definition) is 0. The van der Waals surface area contributed by atoms with Crippen molar-refractivity contribution in [3.05, 3.63) is 17.2 Å². The Morgan fingerprint density at radius 2 is 1.29 bits per heavy atom. The van der Waals surface area contributed by atoms with Crippen LogP contribution in [0.4, 0.5) is 0 Å². The van der Waals surface area contributed by atoms with Gasteiger partial charge in [0, 0.05) is 17.5 Å². The number of ketones is 1. The highest BCUT2D eigenvalue weighted by molar-refractivity contribution is 6.02. The van der Waals surface area contributed by atoms with Crippen molar-refractivity contribution in [1.29, 1.82) is 0 Å². The minimum Gasteiger partial charge on any atom is -0.426 e. The monoisotopic (exact) mass is 572 g/mol. The van der Waals surface area contributed by atoms with Crippen molar-refractivity contribution in [1.82, 2.24) is 0 Å². The molecule has 0 N–H and O–H groups in total. The molecule has 3 rings (SSSR count). The molecule has 8 heteroatoms. The van der Waals surface area contributed by atoms with Crippen molar-refractivity contribution in [3.8, 4) is 17.2 Å². The largest absolute Gasteiger partial charge is 0.426 e. The fraction of sp³-hybridized carbons (Fsp3) is 0.697. The summed E-state index contributed by atoms with van der Waals surface area (Å²) >= 11 is 0. The predicted molar refractivity (Wildman–Crippen MR) is 155 cm³/mol. The molecule has 4 atom stereocenters. The van der Waals surface area contributed by atoms with Gasteiger partial charge in [0.05, 0.1) is 27.9 Å². The van der Waals surface area contributed by atoms with Gasteiger partial charge in [0.2, 0.25) is 0 Å². The van der Waals surface area contributed by atoms with Crippen LogP contribution in [0, 0.1) is 28.1 Å². The zero-order valence-corrected chi connectivity index (χ0v) is 27.1. The number of fused-ring (bicyclic) bond motifs is 1.